The van der Waals surface area contributed by atoms with E-state index in [1.807, 2.05) is 42.5 Å². The van der Waals surface area contributed by atoms with Crippen molar-refractivity contribution < 1.29 is 9.84 Å². The summed E-state index contributed by atoms with van der Waals surface area (Å²) in [6.45, 7) is 3.49. The Labute approximate surface area is 115 Å². The van der Waals surface area contributed by atoms with Crippen LogP contribution < -0.4 is 4.74 Å². The first-order valence-electron chi connectivity index (χ1n) is 6.17. The van der Waals surface area contributed by atoms with E-state index in [9.17, 15) is 5.11 Å². The maximum atomic E-state index is 9.56. The van der Waals surface area contributed by atoms with Crippen molar-refractivity contribution in [1.29, 1.82) is 0 Å². The van der Waals surface area contributed by atoms with Crippen LogP contribution in [0.25, 0.3) is 16.7 Å². The quantitative estimate of drug-likeness (QED) is 0.582. The zero-order valence-electron chi connectivity index (χ0n) is 10.7. The number of para-hydroxylation sites is 3. The molecule has 1 aromatic heterocycles. The molecule has 0 bridgehead atoms. The van der Waals surface area contributed by atoms with E-state index >= 15 is 0 Å². The summed E-state index contributed by atoms with van der Waals surface area (Å²) < 4.78 is 7.10. The molecule has 20 heavy (non-hydrogen) atoms. The van der Waals surface area contributed by atoms with E-state index in [2.05, 4.69) is 16.9 Å². The van der Waals surface area contributed by atoms with E-state index in [1.54, 1.807) is 10.7 Å². The second-order valence-corrected chi connectivity index (χ2v) is 4.20. The van der Waals surface area contributed by atoms with Crippen molar-refractivity contribution in [3.05, 3.63) is 61.2 Å². The van der Waals surface area contributed by atoms with Crippen molar-refractivity contribution >= 4 is 11.0 Å². The molecular weight excluding hydrogens is 254 g/mol. The van der Waals surface area contributed by atoms with Crippen LogP contribution >= 0.6 is 0 Å². The van der Waals surface area contributed by atoms with Crippen molar-refractivity contribution in [3.63, 3.8) is 0 Å². The summed E-state index contributed by atoms with van der Waals surface area (Å²) in [5.74, 6) is 0.510. The molecule has 0 aliphatic heterocycles. The molecule has 0 amide bonds. The predicted molar refractivity (Wildman–Crippen MR) is 75.7 cm³/mol. The van der Waals surface area contributed by atoms with Gasteiger partial charge in [0.05, 0.1) is 5.52 Å². The topological polar surface area (TPSA) is 60.2 Å². The minimum absolute atomic E-state index is 0.510. The molecule has 0 aliphatic rings. The molecule has 3 aromatic rings. The van der Waals surface area contributed by atoms with Crippen LogP contribution in [0.2, 0.25) is 0 Å². The Balaban J connectivity index is 2.12. The number of aromatic nitrogens is 3. The van der Waals surface area contributed by atoms with Crippen LogP contribution in [0.5, 0.6) is 5.75 Å². The monoisotopic (exact) mass is 267 g/mol. The third-order valence-corrected chi connectivity index (χ3v) is 2.89. The second kappa shape index (κ2) is 5.14. The number of rotatable bonds is 4. The van der Waals surface area contributed by atoms with Crippen LogP contribution in [0.15, 0.2) is 61.2 Å². The lowest BCUT2D eigenvalue weighted by molar-refractivity contribution is 0.0249. The van der Waals surface area contributed by atoms with Crippen LogP contribution in [0.3, 0.4) is 0 Å². The first kappa shape index (κ1) is 12.4. The maximum absolute atomic E-state index is 9.56. The van der Waals surface area contributed by atoms with Gasteiger partial charge in [-0.15, -0.1) is 5.10 Å². The number of aliphatic hydroxyl groups is 1. The fourth-order valence-electron chi connectivity index (χ4n) is 1.96. The summed E-state index contributed by atoms with van der Waals surface area (Å²) in [5.41, 5.74) is 2.38. The average molecular weight is 267 g/mol. The molecule has 5 nitrogen and oxygen atoms in total. The Bertz CT molecular complexity index is 751. The van der Waals surface area contributed by atoms with Gasteiger partial charge in [-0.05, 0) is 30.3 Å². The van der Waals surface area contributed by atoms with E-state index < -0.39 is 6.29 Å². The molecule has 1 atom stereocenters. The van der Waals surface area contributed by atoms with Gasteiger partial charge >= 0.3 is 0 Å². The van der Waals surface area contributed by atoms with E-state index in [1.165, 1.54) is 6.08 Å². The Kier molecular flexibility index (Phi) is 3.18. The summed E-state index contributed by atoms with van der Waals surface area (Å²) >= 11 is 0. The maximum Gasteiger partial charge on any atom is 0.217 e. The highest BCUT2D eigenvalue weighted by molar-refractivity contribution is 5.76. The van der Waals surface area contributed by atoms with Crippen LogP contribution in [0.4, 0.5) is 0 Å². The summed E-state index contributed by atoms with van der Waals surface area (Å²) in [6.07, 6.45) is 0.252. The van der Waals surface area contributed by atoms with E-state index in [4.69, 9.17) is 4.74 Å². The standard InChI is InChI=1S/C15H13N3O2/c1-2-15(19)20-14-10-6-5-9-13(14)18-12-8-4-3-7-11(12)16-17-18/h2-10,15,19H,1H2. The van der Waals surface area contributed by atoms with Crippen LogP contribution in [0.1, 0.15) is 0 Å². The molecule has 2 aromatic carbocycles. The highest BCUT2D eigenvalue weighted by Crippen LogP contribution is 2.25. The molecule has 1 unspecified atom stereocenters. The lowest BCUT2D eigenvalue weighted by Gasteiger charge is -2.13. The number of fused-ring (bicyclic) bond motifs is 1. The van der Waals surface area contributed by atoms with Crippen LogP contribution in [0, 0.1) is 0 Å². The number of ether oxygens (including phenoxy) is 1. The van der Waals surface area contributed by atoms with Crippen molar-refractivity contribution in [2.75, 3.05) is 0 Å². The van der Waals surface area contributed by atoms with Crippen molar-refractivity contribution in [2.45, 2.75) is 6.29 Å². The van der Waals surface area contributed by atoms with Crippen molar-refractivity contribution in [2.24, 2.45) is 0 Å². The number of hydrogen-bond acceptors (Lipinski definition) is 4. The SMILES string of the molecule is C=CC(O)Oc1ccccc1-n1nnc2ccccc21. The summed E-state index contributed by atoms with van der Waals surface area (Å²) in [4.78, 5) is 0. The van der Waals surface area contributed by atoms with Gasteiger partial charge in [0.1, 0.15) is 17.0 Å². The summed E-state index contributed by atoms with van der Waals surface area (Å²) in [6, 6.07) is 15.0. The molecule has 3 rings (SSSR count). The lowest BCUT2D eigenvalue weighted by Crippen LogP contribution is -2.13. The van der Waals surface area contributed by atoms with Gasteiger partial charge in [0.2, 0.25) is 6.29 Å². The normalized spacial score (nSPS) is 12.2. The highest BCUT2D eigenvalue weighted by Gasteiger charge is 2.12. The van der Waals surface area contributed by atoms with Crippen LogP contribution in [-0.2, 0) is 0 Å². The number of nitrogens with zero attached hydrogens (tertiary/aromatic N) is 3. The Hall–Kier alpha value is -2.66. The van der Waals surface area contributed by atoms with E-state index in [-0.39, 0.29) is 0 Å². The van der Waals surface area contributed by atoms with Crippen molar-refractivity contribution in [3.8, 4) is 11.4 Å². The molecule has 0 aliphatic carbocycles. The Morgan fingerprint density at radius 3 is 2.75 bits per heavy atom. The zero-order valence-corrected chi connectivity index (χ0v) is 10.7. The predicted octanol–water partition coefficient (Wildman–Crippen LogP) is 2.30. The summed E-state index contributed by atoms with van der Waals surface area (Å²) in [7, 11) is 0. The minimum atomic E-state index is -1.06. The van der Waals surface area contributed by atoms with E-state index in [0.29, 0.717) is 11.4 Å². The first-order valence-corrected chi connectivity index (χ1v) is 6.17. The molecule has 0 spiro atoms. The lowest BCUT2D eigenvalue weighted by atomic mass is 10.2. The molecule has 0 saturated heterocycles. The fraction of sp³-hybridized carbons (Fsp3) is 0.0667. The largest absolute Gasteiger partial charge is 0.459 e. The number of hydrogen-bond donors (Lipinski definition) is 1. The third kappa shape index (κ3) is 2.15. The van der Waals surface area contributed by atoms with Crippen LogP contribution in [-0.4, -0.2) is 26.4 Å². The van der Waals surface area contributed by atoms with Gasteiger partial charge in [0.25, 0.3) is 0 Å². The average Bonchev–Trinajstić information content (AvgIpc) is 2.91. The molecule has 100 valence electrons. The van der Waals surface area contributed by atoms with Gasteiger partial charge in [0, 0.05) is 0 Å². The molecule has 5 heteroatoms. The van der Waals surface area contributed by atoms with Gasteiger partial charge in [-0.25, -0.2) is 4.68 Å². The minimum Gasteiger partial charge on any atom is -0.459 e. The first-order chi connectivity index (χ1) is 9.79. The van der Waals surface area contributed by atoms with Gasteiger partial charge in [-0.2, -0.15) is 0 Å². The molecular formula is C15H13N3O2. The molecule has 1 heterocycles. The van der Waals surface area contributed by atoms with Gasteiger partial charge in [-0.1, -0.05) is 36.1 Å². The molecule has 0 fully saturated rings. The van der Waals surface area contributed by atoms with E-state index in [0.717, 1.165) is 11.0 Å². The third-order valence-electron chi connectivity index (χ3n) is 2.89. The number of benzene rings is 2. The van der Waals surface area contributed by atoms with Gasteiger partial charge in [-0.3, -0.25) is 0 Å². The second-order valence-electron chi connectivity index (χ2n) is 4.20. The van der Waals surface area contributed by atoms with Gasteiger partial charge < -0.3 is 9.84 Å². The zero-order chi connectivity index (χ0) is 13.9. The molecule has 0 radical (unpaired) electrons. The Morgan fingerprint density at radius 2 is 1.90 bits per heavy atom. The Morgan fingerprint density at radius 1 is 1.15 bits per heavy atom. The molecule has 0 saturated carbocycles. The summed E-state index contributed by atoms with van der Waals surface area (Å²) in [5, 5.41) is 17.8. The molecule has 1 N–H and O–H groups in total. The fourth-order valence-corrected chi connectivity index (χ4v) is 1.96. The van der Waals surface area contributed by atoms with Gasteiger partial charge in [0.15, 0.2) is 0 Å². The van der Waals surface area contributed by atoms with Crippen molar-refractivity contribution in [1.82, 2.24) is 15.0 Å². The highest BCUT2D eigenvalue weighted by atomic mass is 16.6. The smallest absolute Gasteiger partial charge is 0.217 e. The number of aliphatic hydroxyl groups excluding tert-OH is 1.